The lowest BCUT2D eigenvalue weighted by molar-refractivity contribution is 0.0950. The summed E-state index contributed by atoms with van der Waals surface area (Å²) < 4.78 is 1.86. The lowest BCUT2D eigenvalue weighted by Gasteiger charge is -2.03. The summed E-state index contributed by atoms with van der Waals surface area (Å²) in [7, 11) is 0. The van der Waals surface area contributed by atoms with Crippen LogP contribution in [0.4, 0.5) is 0 Å². The number of nitrogens with zero attached hydrogens (tertiary/aromatic N) is 4. The summed E-state index contributed by atoms with van der Waals surface area (Å²) in [5, 5.41) is 18.1. The summed E-state index contributed by atoms with van der Waals surface area (Å²) in [5.74, 6) is -0.365. The zero-order chi connectivity index (χ0) is 22.8. The summed E-state index contributed by atoms with van der Waals surface area (Å²) in [6.07, 6.45) is 1.62. The average molecular weight is 435 g/mol. The molecule has 5 rings (SSSR count). The number of rotatable bonds is 5. The van der Waals surface area contributed by atoms with Crippen LogP contribution in [0.3, 0.4) is 0 Å². The van der Waals surface area contributed by atoms with E-state index in [4.69, 9.17) is 0 Å². The van der Waals surface area contributed by atoms with Crippen molar-refractivity contribution in [2.75, 3.05) is 0 Å². The molecule has 0 atom stereocenters. The van der Waals surface area contributed by atoms with Crippen LogP contribution >= 0.6 is 0 Å². The first kappa shape index (κ1) is 20.4. The van der Waals surface area contributed by atoms with Gasteiger partial charge >= 0.3 is 0 Å². The average Bonchev–Trinajstić information content (AvgIpc) is 3.45. The molecule has 0 aliphatic rings. The lowest BCUT2D eigenvalue weighted by Crippen LogP contribution is -2.18. The monoisotopic (exact) mass is 434 g/mol. The van der Waals surface area contributed by atoms with E-state index in [1.54, 1.807) is 12.3 Å². The molecule has 0 radical (unpaired) electrons. The second kappa shape index (κ2) is 8.55. The van der Waals surface area contributed by atoms with Gasteiger partial charge in [0.25, 0.3) is 5.91 Å². The Morgan fingerprint density at radius 1 is 1.00 bits per heavy atom. The van der Waals surface area contributed by atoms with Crippen LogP contribution in [-0.2, 0) is 0 Å². The minimum absolute atomic E-state index is 0.337. The Morgan fingerprint density at radius 3 is 2.61 bits per heavy atom. The van der Waals surface area contributed by atoms with E-state index >= 15 is 0 Å². The van der Waals surface area contributed by atoms with Crippen molar-refractivity contribution >= 4 is 22.9 Å². The van der Waals surface area contributed by atoms with Crippen LogP contribution in [0.2, 0.25) is 0 Å². The number of aromatic nitrogens is 4. The van der Waals surface area contributed by atoms with Crippen molar-refractivity contribution in [2.24, 2.45) is 5.10 Å². The largest absolute Gasteiger partial charge is 0.289 e. The molecule has 1 amide bonds. The summed E-state index contributed by atoms with van der Waals surface area (Å²) in [4.78, 5) is 12.6. The fourth-order valence-corrected chi connectivity index (χ4v) is 3.90. The number of aryl methyl sites for hydroxylation is 1. The van der Waals surface area contributed by atoms with E-state index in [1.165, 1.54) is 0 Å². The summed E-state index contributed by atoms with van der Waals surface area (Å²) >= 11 is 0. The molecular weight excluding hydrogens is 412 g/mol. The molecule has 3 aromatic carbocycles. The molecule has 2 heterocycles. The van der Waals surface area contributed by atoms with Gasteiger partial charge in [0, 0.05) is 11.1 Å². The quantitative estimate of drug-likeness (QED) is 0.308. The van der Waals surface area contributed by atoms with Crippen LogP contribution in [0.1, 0.15) is 27.4 Å². The lowest BCUT2D eigenvalue weighted by atomic mass is 10.0. The minimum atomic E-state index is -0.365. The number of H-pyrrole nitrogens is 1. The third kappa shape index (κ3) is 3.92. The summed E-state index contributed by atoms with van der Waals surface area (Å²) in [5.41, 5.74) is 8.18. The Hall–Kier alpha value is -4.52. The van der Waals surface area contributed by atoms with Crippen LogP contribution < -0.4 is 5.43 Å². The smallest absolute Gasteiger partial charge is 0.272 e. The maximum Gasteiger partial charge on any atom is 0.289 e. The SMILES string of the molecule is Cc1nn(-c2ccccc2)c(C)c1C=NNC(=O)c1cc(-c2cccc3ccccc23)n[nH]1. The van der Waals surface area contributed by atoms with Gasteiger partial charge in [-0.1, -0.05) is 60.7 Å². The van der Waals surface area contributed by atoms with E-state index in [9.17, 15) is 4.79 Å². The standard InChI is InChI=1S/C26H22N6O/c1-17-23(18(2)32(31-17)20-11-4-3-5-12-20)16-27-30-26(33)25-15-24(28-29-25)22-14-8-10-19-9-6-7-13-21(19)22/h3-16H,1-2H3,(H,28,29)(H,30,33). The van der Waals surface area contributed by atoms with E-state index in [2.05, 4.69) is 38.0 Å². The van der Waals surface area contributed by atoms with Crippen LogP contribution in [0, 0.1) is 13.8 Å². The molecule has 0 aliphatic carbocycles. The zero-order valence-corrected chi connectivity index (χ0v) is 18.3. The Morgan fingerprint density at radius 2 is 1.76 bits per heavy atom. The van der Waals surface area contributed by atoms with Crippen molar-refractivity contribution in [1.29, 1.82) is 0 Å². The van der Waals surface area contributed by atoms with E-state index in [-0.39, 0.29) is 5.91 Å². The van der Waals surface area contributed by atoms with Gasteiger partial charge in [-0.05, 0) is 42.8 Å². The first-order valence-electron chi connectivity index (χ1n) is 10.6. The molecule has 33 heavy (non-hydrogen) atoms. The number of carbonyl (C=O) groups excluding carboxylic acids is 1. The first-order valence-corrected chi connectivity index (χ1v) is 10.6. The van der Waals surface area contributed by atoms with Gasteiger partial charge in [0.1, 0.15) is 5.69 Å². The predicted molar refractivity (Wildman–Crippen MR) is 130 cm³/mol. The van der Waals surface area contributed by atoms with Gasteiger partial charge < -0.3 is 0 Å². The molecule has 0 aliphatic heterocycles. The Balaban J connectivity index is 1.34. The van der Waals surface area contributed by atoms with Crippen molar-refractivity contribution in [1.82, 2.24) is 25.4 Å². The fraction of sp³-hybridized carbons (Fsp3) is 0.0769. The number of aromatic amines is 1. The maximum atomic E-state index is 12.6. The van der Waals surface area contributed by atoms with E-state index in [0.717, 1.165) is 39.0 Å². The first-order chi connectivity index (χ1) is 16.1. The normalized spacial score (nSPS) is 11.3. The van der Waals surface area contributed by atoms with Crippen LogP contribution in [-0.4, -0.2) is 32.1 Å². The topological polar surface area (TPSA) is 88.0 Å². The Kier molecular flexibility index (Phi) is 5.28. The highest BCUT2D eigenvalue weighted by molar-refractivity contribution is 5.98. The number of amides is 1. The molecule has 0 spiro atoms. The molecular formula is C26H22N6O. The number of fused-ring (bicyclic) bond motifs is 1. The molecule has 0 saturated heterocycles. The predicted octanol–water partition coefficient (Wildman–Crippen LogP) is 4.80. The summed E-state index contributed by atoms with van der Waals surface area (Å²) in [6.45, 7) is 3.89. The van der Waals surface area contributed by atoms with E-state index in [1.807, 2.05) is 79.2 Å². The van der Waals surface area contributed by atoms with Crippen molar-refractivity contribution in [2.45, 2.75) is 13.8 Å². The number of carbonyl (C=O) groups is 1. The molecule has 0 fully saturated rings. The molecule has 5 aromatic rings. The number of hydrogen-bond donors (Lipinski definition) is 2. The van der Waals surface area contributed by atoms with Gasteiger partial charge in [-0.25, -0.2) is 10.1 Å². The number of nitrogens with one attached hydrogen (secondary N) is 2. The van der Waals surface area contributed by atoms with E-state index < -0.39 is 0 Å². The van der Waals surface area contributed by atoms with Crippen molar-refractivity contribution in [3.05, 3.63) is 102 Å². The maximum absolute atomic E-state index is 12.6. The fourth-order valence-electron chi connectivity index (χ4n) is 3.90. The summed E-state index contributed by atoms with van der Waals surface area (Å²) in [6, 6.07) is 25.7. The molecule has 2 N–H and O–H groups in total. The minimum Gasteiger partial charge on any atom is -0.272 e. The van der Waals surface area contributed by atoms with Gasteiger partial charge in [0.05, 0.1) is 29.0 Å². The third-order valence-electron chi connectivity index (χ3n) is 5.60. The van der Waals surface area contributed by atoms with Gasteiger partial charge in [-0.15, -0.1) is 0 Å². The Bertz CT molecular complexity index is 1470. The highest BCUT2D eigenvalue weighted by Gasteiger charge is 2.14. The van der Waals surface area contributed by atoms with E-state index in [0.29, 0.717) is 11.4 Å². The molecule has 7 nitrogen and oxygen atoms in total. The van der Waals surface area contributed by atoms with Crippen LogP contribution in [0.15, 0.2) is 84.0 Å². The number of hydrogen-bond acceptors (Lipinski definition) is 4. The highest BCUT2D eigenvalue weighted by Crippen LogP contribution is 2.27. The van der Waals surface area contributed by atoms with Gasteiger partial charge in [-0.3, -0.25) is 9.89 Å². The van der Waals surface area contributed by atoms with Crippen LogP contribution in [0.5, 0.6) is 0 Å². The van der Waals surface area contributed by atoms with Crippen molar-refractivity contribution in [3.8, 4) is 16.9 Å². The van der Waals surface area contributed by atoms with Gasteiger partial charge in [0.2, 0.25) is 0 Å². The number of benzene rings is 3. The molecule has 2 aromatic heterocycles. The van der Waals surface area contributed by atoms with Crippen molar-refractivity contribution in [3.63, 3.8) is 0 Å². The molecule has 162 valence electrons. The zero-order valence-electron chi connectivity index (χ0n) is 18.3. The molecule has 0 saturated carbocycles. The van der Waals surface area contributed by atoms with Crippen molar-refractivity contribution < 1.29 is 4.79 Å². The molecule has 0 unspecified atom stereocenters. The third-order valence-corrected chi connectivity index (χ3v) is 5.60. The number of para-hydroxylation sites is 1. The molecule has 0 bridgehead atoms. The van der Waals surface area contributed by atoms with Gasteiger partial charge in [-0.2, -0.15) is 15.3 Å². The van der Waals surface area contributed by atoms with Gasteiger partial charge in [0.15, 0.2) is 0 Å². The Labute approximate surface area is 190 Å². The number of hydrazone groups is 1. The molecule has 7 heteroatoms. The highest BCUT2D eigenvalue weighted by atomic mass is 16.2. The van der Waals surface area contributed by atoms with Crippen LogP contribution in [0.25, 0.3) is 27.7 Å². The second-order valence-corrected chi connectivity index (χ2v) is 7.72. The second-order valence-electron chi connectivity index (χ2n) is 7.72.